The fourth-order valence-corrected chi connectivity index (χ4v) is 5.00. The minimum Gasteiger partial charge on any atom is -0.477 e. The molecule has 0 radical (unpaired) electrons. The molecule has 0 amide bonds. The largest absolute Gasteiger partial charge is 0.477 e. The van der Waals surface area contributed by atoms with E-state index in [-0.39, 0.29) is 0 Å². The number of hydrogen-bond donors (Lipinski definition) is 2. The Morgan fingerprint density at radius 3 is 2.65 bits per heavy atom. The van der Waals surface area contributed by atoms with E-state index in [2.05, 4.69) is 50.5 Å². The second-order valence-corrected chi connectivity index (χ2v) is 10.1. The van der Waals surface area contributed by atoms with Gasteiger partial charge in [0.05, 0.1) is 11.4 Å². The van der Waals surface area contributed by atoms with E-state index >= 15 is 0 Å². The van der Waals surface area contributed by atoms with Crippen LogP contribution in [0.3, 0.4) is 0 Å². The number of aromatic nitrogens is 3. The summed E-state index contributed by atoms with van der Waals surface area (Å²) in [6, 6.07) is 20.5. The SMILES string of the molecule is O=C(O)c1c2c(nn1CCCNCCc1ccc(Br)cc1)-c1cc(/C=C/c3ccccc3)ncc1CC2. The van der Waals surface area contributed by atoms with Gasteiger partial charge in [-0.25, -0.2) is 4.79 Å². The van der Waals surface area contributed by atoms with Gasteiger partial charge in [0, 0.05) is 28.3 Å². The van der Waals surface area contributed by atoms with Crippen molar-refractivity contribution in [3.05, 3.63) is 105 Å². The quantitative estimate of drug-likeness (QED) is 0.238. The predicted molar refractivity (Wildman–Crippen MR) is 151 cm³/mol. The number of carbonyl (C=O) groups is 1. The van der Waals surface area contributed by atoms with E-state index < -0.39 is 5.97 Å². The van der Waals surface area contributed by atoms with Crippen LogP contribution < -0.4 is 5.32 Å². The second-order valence-electron chi connectivity index (χ2n) is 9.19. The predicted octanol–water partition coefficient (Wildman–Crippen LogP) is 5.90. The van der Waals surface area contributed by atoms with Crippen molar-refractivity contribution in [2.24, 2.45) is 0 Å². The average Bonchev–Trinajstić information content (AvgIpc) is 3.30. The molecular weight excluding hydrogens is 528 g/mol. The molecular formula is C30H29BrN4O2. The van der Waals surface area contributed by atoms with Gasteiger partial charge in [-0.2, -0.15) is 5.10 Å². The number of carboxylic acid groups (broad SMARTS) is 1. The van der Waals surface area contributed by atoms with Crippen molar-refractivity contribution in [1.29, 1.82) is 0 Å². The third-order valence-corrected chi connectivity index (χ3v) is 7.16. The molecule has 1 aliphatic rings. The molecule has 0 aliphatic heterocycles. The molecule has 7 heteroatoms. The summed E-state index contributed by atoms with van der Waals surface area (Å²) in [7, 11) is 0. The molecule has 5 rings (SSSR count). The lowest BCUT2D eigenvalue weighted by Crippen LogP contribution is -2.21. The lowest BCUT2D eigenvalue weighted by atomic mass is 9.89. The molecule has 0 saturated heterocycles. The van der Waals surface area contributed by atoms with Crippen LogP contribution in [0.5, 0.6) is 0 Å². The molecule has 4 aromatic rings. The molecule has 0 fully saturated rings. The summed E-state index contributed by atoms with van der Waals surface area (Å²) in [4.78, 5) is 16.8. The minimum absolute atomic E-state index is 0.314. The van der Waals surface area contributed by atoms with Crippen molar-refractivity contribution in [3.63, 3.8) is 0 Å². The zero-order chi connectivity index (χ0) is 25.6. The first-order valence-corrected chi connectivity index (χ1v) is 13.4. The van der Waals surface area contributed by atoms with Gasteiger partial charge in [0.15, 0.2) is 0 Å². The maximum Gasteiger partial charge on any atom is 0.354 e. The van der Waals surface area contributed by atoms with E-state index in [0.29, 0.717) is 18.7 Å². The summed E-state index contributed by atoms with van der Waals surface area (Å²) in [6.07, 6.45) is 9.10. The van der Waals surface area contributed by atoms with Crippen LogP contribution in [-0.4, -0.2) is 38.9 Å². The number of fused-ring (bicyclic) bond motifs is 3. The van der Waals surface area contributed by atoms with Gasteiger partial charge >= 0.3 is 5.97 Å². The second kappa shape index (κ2) is 11.7. The number of nitrogens with one attached hydrogen (secondary N) is 1. The molecule has 2 N–H and O–H groups in total. The van der Waals surface area contributed by atoms with Crippen LogP contribution in [0.1, 0.15) is 44.9 Å². The molecule has 1 aliphatic carbocycles. The lowest BCUT2D eigenvalue weighted by molar-refractivity contribution is 0.0681. The molecule has 0 saturated carbocycles. The van der Waals surface area contributed by atoms with Gasteiger partial charge in [0.2, 0.25) is 0 Å². The van der Waals surface area contributed by atoms with E-state index in [0.717, 1.165) is 70.5 Å². The fourth-order valence-electron chi connectivity index (χ4n) is 4.73. The monoisotopic (exact) mass is 556 g/mol. The van der Waals surface area contributed by atoms with Gasteiger partial charge in [-0.15, -0.1) is 0 Å². The lowest BCUT2D eigenvalue weighted by Gasteiger charge is -2.15. The normalized spacial score (nSPS) is 12.5. The summed E-state index contributed by atoms with van der Waals surface area (Å²) >= 11 is 3.46. The third kappa shape index (κ3) is 6.06. The minimum atomic E-state index is -0.918. The fraction of sp³-hybridized carbons (Fsp3) is 0.233. The molecule has 2 aromatic heterocycles. The number of pyridine rings is 1. The van der Waals surface area contributed by atoms with Crippen LogP contribution >= 0.6 is 15.9 Å². The van der Waals surface area contributed by atoms with Gasteiger partial charge in [-0.3, -0.25) is 9.67 Å². The Labute approximate surface area is 225 Å². The third-order valence-electron chi connectivity index (χ3n) is 6.63. The smallest absolute Gasteiger partial charge is 0.354 e. The average molecular weight is 557 g/mol. The van der Waals surface area contributed by atoms with Crippen molar-refractivity contribution >= 4 is 34.1 Å². The van der Waals surface area contributed by atoms with Crippen molar-refractivity contribution < 1.29 is 9.90 Å². The van der Waals surface area contributed by atoms with Gasteiger partial charge in [-0.1, -0.05) is 64.5 Å². The summed E-state index contributed by atoms with van der Waals surface area (Å²) < 4.78 is 2.76. The Bertz CT molecular complexity index is 1410. The van der Waals surface area contributed by atoms with Crippen LogP contribution in [0.15, 0.2) is 71.3 Å². The summed E-state index contributed by atoms with van der Waals surface area (Å²) in [5.41, 5.74) is 7.23. The van der Waals surface area contributed by atoms with E-state index in [1.807, 2.05) is 54.7 Å². The Kier molecular flexibility index (Phi) is 7.92. The molecule has 188 valence electrons. The number of halogens is 1. The molecule has 2 aromatic carbocycles. The van der Waals surface area contributed by atoms with Crippen LogP contribution in [0.25, 0.3) is 23.4 Å². The van der Waals surface area contributed by atoms with Gasteiger partial charge in [-0.05, 0) is 79.7 Å². The molecule has 0 spiro atoms. The highest BCUT2D eigenvalue weighted by molar-refractivity contribution is 9.10. The molecule has 0 bridgehead atoms. The Hall–Kier alpha value is -3.55. The van der Waals surface area contributed by atoms with Gasteiger partial charge in [0.25, 0.3) is 0 Å². The molecule has 37 heavy (non-hydrogen) atoms. The van der Waals surface area contributed by atoms with Crippen LogP contribution in [0.2, 0.25) is 0 Å². The van der Waals surface area contributed by atoms with Crippen molar-refractivity contribution in [2.75, 3.05) is 13.1 Å². The highest BCUT2D eigenvalue weighted by atomic mass is 79.9. The molecule has 2 heterocycles. The maximum absolute atomic E-state index is 12.2. The molecule has 0 unspecified atom stereocenters. The first-order chi connectivity index (χ1) is 18.1. The first kappa shape index (κ1) is 25.1. The van der Waals surface area contributed by atoms with E-state index in [4.69, 9.17) is 5.10 Å². The zero-order valence-corrected chi connectivity index (χ0v) is 22.1. The highest BCUT2D eigenvalue weighted by Crippen LogP contribution is 2.35. The summed E-state index contributed by atoms with van der Waals surface area (Å²) in [6.45, 7) is 2.23. The standard InChI is InChI=1S/C30H29BrN4O2/c31-24-11-7-22(8-12-24)15-17-32-16-4-18-35-29(30(36)37)26-14-10-23-20-33-25(19-27(23)28(26)34-35)13-9-21-5-2-1-3-6-21/h1-3,5-9,11-13,19-20,32H,4,10,14-18H2,(H,36,37)/b13-9+. The topological polar surface area (TPSA) is 80.0 Å². The van der Waals surface area contributed by atoms with Crippen LogP contribution in [0, 0.1) is 0 Å². The van der Waals surface area contributed by atoms with Crippen molar-refractivity contribution in [2.45, 2.75) is 32.2 Å². The number of aromatic carboxylic acids is 1. The highest BCUT2D eigenvalue weighted by Gasteiger charge is 2.28. The van der Waals surface area contributed by atoms with E-state index in [9.17, 15) is 9.90 Å². The number of carboxylic acids is 1. The van der Waals surface area contributed by atoms with Crippen LogP contribution in [0.4, 0.5) is 0 Å². The Morgan fingerprint density at radius 1 is 1.05 bits per heavy atom. The number of aryl methyl sites for hydroxylation is 2. The Morgan fingerprint density at radius 2 is 1.86 bits per heavy atom. The summed E-state index contributed by atoms with van der Waals surface area (Å²) in [5, 5.41) is 18.3. The first-order valence-electron chi connectivity index (χ1n) is 12.6. The van der Waals surface area contributed by atoms with Crippen molar-refractivity contribution in [3.8, 4) is 11.3 Å². The van der Waals surface area contributed by atoms with Crippen molar-refractivity contribution in [1.82, 2.24) is 20.1 Å². The van der Waals surface area contributed by atoms with Crippen LogP contribution in [-0.2, 0) is 25.8 Å². The number of hydrogen-bond acceptors (Lipinski definition) is 4. The number of nitrogens with zero attached hydrogens (tertiary/aromatic N) is 3. The molecule has 0 atom stereocenters. The molecule has 6 nitrogen and oxygen atoms in total. The Balaban J connectivity index is 1.27. The van der Waals surface area contributed by atoms with E-state index in [1.54, 1.807) is 4.68 Å². The van der Waals surface area contributed by atoms with Gasteiger partial charge in [0.1, 0.15) is 5.69 Å². The summed E-state index contributed by atoms with van der Waals surface area (Å²) in [5.74, 6) is -0.918. The number of benzene rings is 2. The zero-order valence-electron chi connectivity index (χ0n) is 20.5. The maximum atomic E-state index is 12.2. The van der Waals surface area contributed by atoms with E-state index in [1.165, 1.54) is 5.56 Å². The number of rotatable bonds is 10. The van der Waals surface area contributed by atoms with Gasteiger partial charge < -0.3 is 10.4 Å².